The summed E-state index contributed by atoms with van der Waals surface area (Å²) in [5.41, 5.74) is 2.48. The second-order valence-electron chi connectivity index (χ2n) is 5.93. The van der Waals surface area contributed by atoms with E-state index >= 15 is 0 Å². The van der Waals surface area contributed by atoms with Gasteiger partial charge in [-0.3, -0.25) is 9.36 Å². The molecule has 0 atom stereocenters. The number of benzene rings is 2. The first-order valence-electron chi connectivity index (χ1n) is 8.23. The first-order valence-corrected chi connectivity index (χ1v) is 9.21. The minimum atomic E-state index is -0.149. The highest BCUT2D eigenvalue weighted by atomic mass is 32.2. The van der Waals surface area contributed by atoms with E-state index in [0.717, 1.165) is 11.5 Å². The molecule has 4 rings (SSSR count). The Balaban J connectivity index is 1.84. The minimum Gasteiger partial charge on any atom is -0.361 e. The molecule has 0 aliphatic carbocycles. The summed E-state index contributed by atoms with van der Waals surface area (Å²) < 4.78 is 6.67. The molecule has 27 heavy (non-hydrogen) atoms. The van der Waals surface area contributed by atoms with Gasteiger partial charge in [0.25, 0.3) is 5.56 Å². The molecule has 2 heterocycles. The molecule has 0 fully saturated rings. The van der Waals surface area contributed by atoms with Crippen molar-refractivity contribution in [2.24, 2.45) is 0 Å². The summed E-state index contributed by atoms with van der Waals surface area (Å²) >= 11 is 1.41. The van der Waals surface area contributed by atoms with Crippen molar-refractivity contribution in [3.05, 3.63) is 82.0 Å². The van der Waals surface area contributed by atoms with Crippen LogP contribution in [0.2, 0.25) is 0 Å². The summed E-state index contributed by atoms with van der Waals surface area (Å²) in [6.45, 7) is 1.84. The summed E-state index contributed by atoms with van der Waals surface area (Å²) in [6, 6.07) is 18.1. The lowest BCUT2D eigenvalue weighted by molar-refractivity contribution is 0.393. The van der Waals surface area contributed by atoms with Gasteiger partial charge in [-0.2, -0.15) is 5.26 Å². The van der Waals surface area contributed by atoms with Gasteiger partial charge in [-0.25, -0.2) is 4.98 Å². The van der Waals surface area contributed by atoms with Crippen molar-refractivity contribution in [1.82, 2.24) is 14.7 Å². The van der Waals surface area contributed by atoms with Gasteiger partial charge in [0.1, 0.15) is 5.76 Å². The Morgan fingerprint density at radius 1 is 1.19 bits per heavy atom. The van der Waals surface area contributed by atoms with E-state index in [2.05, 4.69) is 16.2 Å². The molecule has 0 aliphatic heterocycles. The molecule has 0 spiro atoms. The SMILES string of the molecule is Cc1cc(CSc2nc3ccccc3c(=O)n2-c2ccc(C#N)cc2)no1. The largest absolute Gasteiger partial charge is 0.361 e. The number of hydrogen-bond acceptors (Lipinski definition) is 6. The zero-order valence-corrected chi connectivity index (χ0v) is 15.2. The first-order chi connectivity index (χ1) is 13.2. The molecular formula is C20H14N4O2S. The van der Waals surface area contributed by atoms with Gasteiger partial charge in [0.05, 0.1) is 33.9 Å². The molecule has 2 aromatic carbocycles. The van der Waals surface area contributed by atoms with E-state index in [1.807, 2.05) is 31.2 Å². The Morgan fingerprint density at radius 2 is 1.96 bits per heavy atom. The van der Waals surface area contributed by atoms with Crippen molar-refractivity contribution in [3.8, 4) is 11.8 Å². The van der Waals surface area contributed by atoms with Crippen molar-refractivity contribution < 1.29 is 4.52 Å². The molecule has 0 N–H and O–H groups in total. The van der Waals surface area contributed by atoms with Gasteiger partial charge >= 0.3 is 0 Å². The summed E-state index contributed by atoms with van der Waals surface area (Å²) in [5.74, 6) is 1.26. The number of nitriles is 1. The van der Waals surface area contributed by atoms with Crippen molar-refractivity contribution in [3.63, 3.8) is 0 Å². The molecule has 0 amide bonds. The zero-order chi connectivity index (χ0) is 18.8. The van der Waals surface area contributed by atoms with Crippen LogP contribution in [0.1, 0.15) is 17.0 Å². The van der Waals surface area contributed by atoms with Gasteiger partial charge in [0, 0.05) is 11.8 Å². The number of para-hydroxylation sites is 1. The summed E-state index contributed by atoms with van der Waals surface area (Å²) in [7, 11) is 0. The average molecular weight is 374 g/mol. The summed E-state index contributed by atoms with van der Waals surface area (Å²) in [5, 5.41) is 14.1. The van der Waals surface area contributed by atoms with Gasteiger partial charge < -0.3 is 4.52 Å². The van der Waals surface area contributed by atoms with Crippen LogP contribution in [0.4, 0.5) is 0 Å². The third-order valence-corrected chi connectivity index (χ3v) is 5.00. The van der Waals surface area contributed by atoms with Crippen LogP contribution in [0.3, 0.4) is 0 Å². The topological polar surface area (TPSA) is 84.7 Å². The summed E-state index contributed by atoms with van der Waals surface area (Å²) in [4.78, 5) is 17.8. The van der Waals surface area contributed by atoms with E-state index in [-0.39, 0.29) is 5.56 Å². The van der Waals surface area contributed by atoms with Gasteiger partial charge in [-0.15, -0.1) is 0 Å². The minimum absolute atomic E-state index is 0.149. The maximum atomic E-state index is 13.1. The van der Waals surface area contributed by atoms with E-state index < -0.39 is 0 Å². The van der Waals surface area contributed by atoms with Crippen LogP contribution in [0.15, 0.2) is 69.1 Å². The molecule has 4 aromatic rings. The third-order valence-electron chi connectivity index (χ3n) is 4.03. The van der Waals surface area contributed by atoms with Crippen LogP contribution < -0.4 is 5.56 Å². The standard InChI is InChI=1S/C20H14N4O2S/c1-13-10-15(23-26-13)12-27-20-22-18-5-3-2-4-17(18)19(25)24(20)16-8-6-14(11-21)7-9-16/h2-10H,12H2,1H3. The Labute approximate surface area is 159 Å². The molecule has 0 saturated heterocycles. The van der Waals surface area contributed by atoms with Gasteiger partial charge in [-0.05, 0) is 43.3 Å². The highest BCUT2D eigenvalue weighted by Crippen LogP contribution is 2.24. The second kappa shape index (κ2) is 7.09. The van der Waals surface area contributed by atoms with Crippen LogP contribution in [0.5, 0.6) is 0 Å². The Hall–Kier alpha value is -3.37. The predicted octanol–water partition coefficient (Wildman–Crippen LogP) is 3.85. The molecule has 2 aromatic heterocycles. The first kappa shape index (κ1) is 17.1. The van der Waals surface area contributed by atoms with Crippen LogP contribution in [0, 0.1) is 18.3 Å². The number of fused-ring (bicyclic) bond motifs is 1. The maximum absolute atomic E-state index is 13.1. The fourth-order valence-corrected chi connectivity index (χ4v) is 3.64. The van der Waals surface area contributed by atoms with Crippen molar-refractivity contribution >= 4 is 22.7 Å². The molecule has 7 heteroatoms. The fourth-order valence-electron chi connectivity index (χ4n) is 2.75. The van der Waals surface area contributed by atoms with Crippen molar-refractivity contribution in [1.29, 1.82) is 5.26 Å². The number of thioether (sulfide) groups is 1. The van der Waals surface area contributed by atoms with E-state index in [9.17, 15) is 4.79 Å². The molecule has 0 saturated carbocycles. The van der Waals surface area contributed by atoms with Crippen molar-refractivity contribution in [2.75, 3.05) is 0 Å². The highest BCUT2D eigenvalue weighted by Gasteiger charge is 2.14. The Kier molecular flexibility index (Phi) is 4.48. The molecule has 6 nitrogen and oxygen atoms in total. The molecule has 0 unspecified atom stereocenters. The fraction of sp³-hybridized carbons (Fsp3) is 0.100. The Bertz CT molecular complexity index is 1220. The predicted molar refractivity (Wildman–Crippen MR) is 103 cm³/mol. The monoisotopic (exact) mass is 374 g/mol. The number of nitrogens with zero attached hydrogens (tertiary/aromatic N) is 4. The zero-order valence-electron chi connectivity index (χ0n) is 14.4. The average Bonchev–Trinajstić information content (AvgIpc) is 3.12. The lowest BCUT2D eigenvalue weighted by atomic mass is 10.2. The van der Waals surface area contributed by atoms with Gasteiger partial charge in [0.2, 0.25) is 0 Å². The van der Waals surface area contributed by atoms with Crippen LogP contribution in [0.25, 0.3) is 16.6 Å². The molecule has 132 valence electrons. The molecule has 0 radical (unpaired) electrons. The van der Waals surface area contributed by atoms with Crippen LogP contribution in [-0.2, 0) is 5.75 Å². The lowest BCUT2D eigenvalue weighted by Gasteiger charge is -2.12. The van der Waals surface area contributed by atoms with Crippen molar-refractivity contribution in [2.45, 2.75) is 17.8 Å². The number of aromatic nitrogens is 3. The second-order valence-corrected chi connectivity index (χ2v) is 6.87. The highest BCUT2D eigenvalue weighted by molar-refractivity contribution is 7.98. The maximum Gasteiger partial charge on any atom is 0.266 e. The van der Waals surface area contributed by atoms with Crippen LogP contribution >= 0.6 is 11.8 Å². The van der Waals surface area contributed by atoms with Gasteiger partial charge in [-0.1, -0.05) is 29.1 Å². The smallest absolute Gasteiger partial charge is 0.266 e. The lowest BCUT2D eigenvalue weighted by Crippen LogP contribution is -2.21. The van der Waals surface area contributed by atoms with Crippen LogP contribution in [-0.4, -0.2) is 14.7 Å². The normalized spacial score (nSPS) is 10.8. The van der Waals surface area contributed by atoms with E-state index in [1.54, 1.807) is 34.9 Å². The van der Waals surface area contributed by atoms with E-state index in [4.69, 9.17) is 9.78 Å². The number of aryl methyl sites for hydroxylation is 1. The molecule has 0 bridgehead atoms. The number of hydrogen-bond donors (Lipinski definition) is 0. The molecular weight excluding hydrogens is 360 g/mol. The van der Waals surface area contributed by atoms with Gasteiger partial charge in [0.15, 0.2) is 5.16 Å². The van der Waals surface area contributed by atoms with E-state index in [1.165, 1.54) is 11.8 Å². The Morgan fingerprint density at radius 3 is 2.67 bits per heavy atom. The quantitative estimate of drug-likeness (QED) is 0.398. The summed E-state index contributed by atoms with van der Waals surface area (Å²) in [6.07, 6.45) is 0. The molecule has 0 aliphatic rings. The van der Waals surface area contributed by atoms with E-state index in [0.29, 0.717) is 33.1 Å². The third kappa shape index (κ3) is 3.35. The number of rotatable bonds is 4.